The monoisotopic (exact) mass is 287 g/mol. The second-order valence-electron chi connectivity index (χ2n) is 4.64. The first-order valence-electron chi connectivity index (χ1n) is 6.20. The third kappa shape index (κ3) is 6.04. The lowest BCUT2D eigenvalue weighted by molar-refractivity contribution is 0.0913. The van der Waals surface area contributed by atoms with E-state index in [4.69, 9.17) is 4.74 Å². The van der Waals surface area contributed by atoms with Gasteiger partial charge >= 0.3 is 0 Å². The molecule has 0 bridgehead atoms. The zero-order valence-electron chi connectivity index (χ0n) is 11.5. The summed E-state index contributed by atoms with van der Waals surface area (Å²) in [5, 5.41) is 9.36. The second kappa shape index (κ2) is 6.88. The molecule has 0 fully saturated rings. The third-order valence-electron chi connectivity index (χ3n) is 2.47. The Labute approximate surface area is 114 Å². The van der Waals surface area contributed by atoms with Gasteiger partial charge < -0.3 is 9.84 Å². The molecule has 0 amide bonds. The average molecular weight is 287 g/mol. The predicted molar refractivity (Wildman–Crippen MR) is 75.6 cm³/mol. The van der Waals surface area contributed by atoms with Crippen LogP contribution < -0.4 is 4.72 Å². The highest BCUT2D eigenvalue weighted by atomic mass is 32.2. The molecule has 0 aliphatic rings. The van der Waals surface area contributed by atoms with E-state index in [1.165, 1.54) is 0 Å². The maximum absolute atomic E-state index is 11.8. The minimum absolute atomic E-state index is 0.0144. The number of benzene rings is 1. The van der Waals surface area contributed by atoms with E-state index in [1.54, 1.807) is 31.2 Å². The first-order chi connectivity index (χ1) is 8.80. The Morgan fingerprint density at radius 1 is 1.21 bits per heavy atom. The highest BCUT2D eigenvalue weighted by Crippen LogP contribution is 2.16. The highest BCUT2D eigenvalue weighted by Gasteiger charge is 2.11. The van der Waals surface area contributed by atoms with Crippen molar-refractivity contribution in [3.8, 4) is 0 Å². The molecular weight excluding hydrogens is 266 g/mol. The molecule has 0 spiro atoms. The summed E-state index contributed by atoms with van der Waals surface area (Å²) in [6.45, 7) is 5.53. The van der Waals surface area contributed by atoms with Gasteiger partial charge in [0.15, 0.2) is 0 Å². The molecule has 19 heavy (non-hydrogen) atoms. The summed E-state index contributed by atoms with van der Waals surface area (Å²) in [5.74, 6) is -0.0800. The Morgan fingerprint density at radius 2 is 1.79 bits per heavy atom. The minimum atomic E-state index is -3.40. The van der Waals surface area contributed by atoms with Crippen LogP contribution in [-0.2, 0) is 14.8 Å². The van der Waals surface area contributed by atoms with Crippen LogP contribution in [0.15, 0.2) is 24.3 Å². The van der Waals surface area contributed by atoms with Crippen LogP contribution in [0.2, 0.25) is 0 Å². The van der Waals surface area contributed by atoms with E-state index in [9.17, 15) is 13.5 Å². The molecule has 1 unspecified atom stereocenters. The van der Waals surface area contributed by atoms with Crippen LogP contribution in [0.25, 0.3) is 0 Å². The summed E-state index contributed by atoms with van der Waals surface area (Å²) in [7, 11) is -3.40. The molecule has 108 valence electrons. The number of sulfonamides is 1. The van der Waals surface area contributed by atoms with Crippen LogP contribution in [0, 0.1) is 0 Å². The van der Waals surface area contributed by atoms with E-state index in [2.05, 4.69) is 4.72 Å². The molecule has 0 radical (unpaired) electrons. The zero-order chi connectivity index (χ0) is 14.5. The van der Waals surface area contributed by atoms with Crippen LogP contribution in [0.1, 0.15) is 32.4 Å². The van der Waals surface area contributed by atoms with Gasteiger partial charge in [0.25, 0.3) is 0 Å². The first-order valence-corrected chi connectivity index (χ1v) is 7.85. The maximum Gasteiger partial charge on any atom is 0.234 e. The fourth-order valence-corrected chi connectivity index (χ4v) is 2.37. The fraction of sp³-hybridized carbons (Fsp3) is 0.538. The maximum atomic E-state index is 11.8. The molecule has 0 saturated heterocycles. The van der Waals surface area contributed by atoms with Gasteiger partial charge in [0.05, 0.1) is 24.6 Å². The molecule has 1 aromatic carbocycles. The van der Waals surface area contributed by atoms with Gasteiger partial charge in [0, 0.05) is 5.69 Å². The Hall–Kier alpha value is -1.11. The number of aliphatic hydroxyl groups excluding tert-OH is 1. The fourth-order valence-electron chi connectivity index (χ4n) is 1.45. The zero-order valence-corrected chi connectivity index (χ0v) is 12.3. The summed E-state index contributed by atoms with van der Waals surface area (Å²) in [6, 6.07) is 6.63. The van der Waals surface area contributed by atoms with E-state index in [0.29, 0.717) is 5.69 Å². The van der Waals surface area contributed by atoms with Crippen molar-refractivity contribution in [3.63, 3.8) is 0 Å². The van der Waals surface area contributed by atoms with Crippen LogP contribution >= 0.6 is 0 Å². The summed E-state index contributed by atoms with van der Waals surface area (Å²) >= 11 is 0. The molecule has 0 aromatic heterocycles. The second-order valence-corrected chi connectivity index (χ2v) is 6.48. The molecule has 0 aliphatic heterocycles. The van der Waals surface area contributed by atoms with Crippen molar-refractivity contribution in [2.75, 3.05) is 17.1 Å². The van der Waals surface area contributed by atoms with Crippen molar-refractivity contribution < 1.29 is 18.3 Å². The molecular formula is C13H21NO4S. The Morgan fingerprint density at radius 3 is 2.26 bits per heavy atom. The van der Waals surface area contributed by atoms with Gasteiger partial charge in [-0.15, -0.1) is 0 Å². The Balaban J connectivity index is 2.57. The lowest BCUT2D eigenvalue weighted by atomic mass is 10.1. The number of ether oxygens (including phenoxy) is 1. The SMILES string of the molecule is CC(C)OCCS(=O)(=O)Nc1ccc(C(C)O)cc1. The third-order valence-corrected chi connectivity index (χ3v) is 3.72. The first kappa shape index (κ1) is 15.9. The predicted octanol–water partition coefficient (Wildman–Crippen LogP) is 1.91. The summed E-state index contributed by atoms with van der Waals surface area (Å²) in [4.78, 5) is 0. The molecule has 2 N–H and O–H groups in total. The van der Waals surface area contributed by atoms with Gasteiger partial charge in [-0.25, -0.2) is 8.42 Å². The lowest BCUT2D eigenvalue weighted by Gasteiger charge is -2.11. The van der Waals surface area contributed by atoms with Crippen molar-refractivity contribution in [3.05, 3.63) is 29.8 Å². The van der Waals surface area contributed by atoms with E-state index in [0.717, 1.165) is 5.56 Å². The van der Waals surface area contributed by atoms with E-state index in [-0.39, 0.29) is 18.5 Å². The summed E-state index contributed by atoms with van der Waals surface area (Å²) in [5.41, 5.74) is 1.22. The van der Waals surface area contributed by atoms with E-state index in [1.807, 2.05) is 13.8 Å². The average Bonchev–Trinajstić information content (AvgIpc) is 2.28. The quantitative estimate of drug-likeness (QED) is 0.803. The normalized spacial score (nSPS) is 13.5. The Bertz CT molecular complexity index is 480. The van der Waals surface area contributed by atoms with Gasteiger partial charge in [0.1, 0.15) is 0 Å². The van der Waals surface area contributed by atoms with Crippen molar-refractivity contribution in [1.29, 1.82) is 0 Å². The molecule has 1 aromatic rings. The minimum Gasteiger partial charge on any atom is -0.389 e. The largest absolute Gasteiger partial charge is 0.389 e. The van der Waals surface area contributed by atoms with Crippen molar-refractivity contribution in [2.45, 2.75) is 33.0 Å². The van der Waals surface area contributed by atoms with Crippen LogP contribution in [0.5, 0.6) is 0 Å². The van der Waals surface area contributed by atoms with Gasteiger partial charge in [-0.3, -0.25) is 4.72 Å². The topological polar surface area (TPSA) is 75.6 Å². The van der Waals surface area contributed by atoms with Crippen molar-refractivity contribution in [1.82, 2.24) is 0 Å². The molecule has 5 nitrogen and oxygen atoms in total. The summed E-state index contributed by atoms with van der Waals surface area (Å²) in [6.07, 6.45) is -0.550. The van der Waals surface area contributed by atoms with E-state index >= 15 is 0 Å². The van der Waals surface area contributed by atoms with Crippen LogP contribution in [0.4, 0.5) is 5.69 Å². The molecule has 1 rings (SSSR count). The number of anilines is 1. The molecule has 0 heterocycles. The van der Waals surface area contributed by atoms with Gasteiger partial charge in [-0.05, 0) is 38.5 Å². The standard InChI is InChI=1S/C13H21NO4S/c1-10(2)18-8-9-19(16,17)14-13-6-4-12(5-7-13)11(3)15/h4-7,10-11,14-15H,8-9H2,1-3H3. The molecule has 0 aliphatic carbocycles. The smallest absolute Gasteiger partial charge is 0.234 e. The number of hydrogen-bond acceptors (Lipinski definition) is 4. The number of aliphatic hydroxyl groups is 1. The van der Waals surface area contributed by atoms with Crippen LogP contribution in [0.3, 0.4) is 0 Å². The Kier molecular flexibility index (Phi) is 5.78. The number of nitrogens with one attached hydrogen (secondary N) is 1. The van der Waals surface area contributed by atoms with Gasteiger partial charge in [0.2, 0.25) is 10.0 Å². The summed E-state index contributed by atoms with van der Waals surface area (Å²) < 4.78 is 31.2. The van der Waals surface area contributed by atoms with Crippen LogP contribution in [-0.4, -0.2) is 32.0 Å². The van der Waals surface area contributed by atoms with Crippen molar-refractivity contribution >= 4 is 15.7 Å². The molecule has 0 saturated carbocycles. The molecule has 6 heteroatoms. The number of hydrogen-bond donors (Lipinski definition) is 2. The molecule has 1 atom stereocenters. The number of rotatable bonds is 7. The van der Waals surface area contributed by atoms with Crippen molar-refractivity contribution in [2.24, 2.45) is 0 Å². The lowest BCUT2D eigenvalue weighted by Crippen LogP contribution is -2.21. The van der Waals surface area contributed by atoms with Gasteiger partial charge in [-0.2, -0.15) is 0 Å². The van der Waals surface area contributed by atoms with Gasteiger partial charge in [-0.1, -0.05) is 12.1 Å². The highest BCUT2D eigenvalue weighted by molar-refractivity contribution is 7.92. The van der Waals surface area contributed by atoms with E-state index < -0.39 is 16.1 Å².